The number of nitrogens with one attached hydrogen (secondary N) is 2. The molecule has 0 aliphatic carbocycles. The summed E-state index contributed by atoms with van der Waals surface area (Å²) in [5.74, 6) is 0.167. The van der Waals surface area contributed by atoms with Gasteiger partial charge < -0.3 is 15.5 Å². The second-order valence-corrected chi connectivity index (χ2v) is 4.12. The van der Waals surface area contributed by atoms with Crippen LogP contribution in [-0.4, -0.2) is 49.4 Å². The first-order valence-electron chi connectivity index (χ1n) is 6.90. The molecule has 0 aliphatic heterocycles. The van der Waals surface area contributed by atoms with Gasteiger partial charge in [-0.1, -0.05) is 6.92 Å². The van der Waals surface area contributed by atoms with Crippen molar-refractivity contribution in [2.45, 2.75) is 40.0 Å². The molecule has 0 unspecified atom stereocenters. The van der Waals surface area contributed by atoms with Crippen LogP contribution in [0.2, 0.25) is 0 Å². The summed E-state index contributed by atoms with van der Waals surface area (Å²) in [5.41, 5.74) is 0. The van der Waals surface area contributed by atoms with Gasteiger partial charge in [0.25, 0.3) is 0 Å². The minimum Gasteiger partial charge on any atom is -0.355 e. The van der Waals surface area contributed by atoms with E-state index in [1.807, 2.05) is 20.8 Å². The molecule has 0 atom stereocenters. The number of carbonyl (C=O) groups excluding carboxylic acids is 2. The number of hydrogen-bond acceptors (Lipinski definition) is 3. The van der Waals surface area contributed by atoms with Gasteiger partial charge in [0.2, 0.25) is 11.8 Å². The van der Waals surface area contributed by atoms with Gasteiger partial charge in [0.1, 0.15) is 0 Å². The Morgan fingerprint density at radius 1 is 1.00 bits per heavy atom. The molecule has 6 heteroatoms. The van der Waals surface area contributed by atoms with Crippen molar-refractivity contribution in [3.63, 3.8) is 0 Å². The van der Waals surface area contributed by atoms with Gasteiger partial charge in [0.05, 0.1) is 0 Å². The number of amides is 2. The summed E-state index contributed by atoms with van der Waals surface area (Å²) in [6, 6.07) is 0. The fourth-order valence-corrected chi connectivity index (χ4v) is 1.69. The molecular weight excluding hydrogens is 266 g/mol. The Hall–Kier alpha value is -0.810. The highest BCUT2D eigenvalue weighted by Gasteiger charge is 2.09. The highest BCUT2D eigenvalue weighted by molar-refractivity contribution is 5.85. The Balaban J connectivity index is 0. The molecule has 0 heterocycles. The Labute approximate surface area is 122 Å². The predicted octanol–water partition coefficient (Wildman–Crippen LogP) is 1.17. The maximum absolute atomic E-state index is 11.7. The molecule has 0 saturated carbocycles. The quantitative estimate of drug-likeness (QED) is 0.595. The van der Waals surface area contributed by atoms with Crippen molar-refractivity contribution in [1.29, 1.82) is 0 Å². The molecule has 0 fully saturated rings. The number of hydrogen-bond donors (Lipinski definition) is 2. The number of likely N-dealkylation sites (N-methyl/N-ethyl adjacent to an activating group) is 1. The predicted molar refractivity (Wildman–Crippen MR) is 80.6 cm³/mol. The van der Waals surface area contributed by atoms with E-state index < -0.39 is 0 Å². The second kappa shape index (κ2) is 13.6. The fourth-order valence-electron chi connectivity index (χ4n) is 1.69. The van der Waals surface area contributed by atoms with E-state index >= 15 is 0 Å². The fraction of sp³-hybridized carbons (Fsp3) is 0.846. The Bertz CT molecular complexity index is 246. The zero-order valence-electron chi connectivity index (χ0n) is 12.3. The van der Waals surface area contributed by atoms with Crippen molar-refractivity contribution in [3.8, 4) is 0 Å². The Morgan fingerprint density at radius 3 is 2.16 bits per heavy atom. The van der Waals surface area contributed by atoms with E-state index in [2.05, 4.69) is 10.6 Å². The van der Waals surface area contributed by atoms with Gasteiger partial charge in [-0.15, -0.1) is 12.4 Å². The molecule has 0 saturated heterocycles. The van der Waals surface area contributed by atoms with Crippen LogP contribution < -0.4 is 10.6 Å². The largest absolute Gasteiger partial charge is 0.355 e. The molecule has 0 radical (unpaired) electrons. The summed E-state index contributed by atoms with van der Waals surface area (Å²) in [6.45, 7) is 9.80. The van der Waals surface area contributed by atoms with Gasteiger partial charge in [-0.25, -0.2) is 0 Å². The van der Waals surface area contributed by atoms with E-state index in [9.17, 15) is 9.59 Å². The lowest BCUT2D eigenvalue weighted by atomic mass is 10.2. The van der Waals surface area contributed by atoms with Gasteiger partial charge in [-0.3, -0.25) is 9.59 Å². The lowest BCUT2D eigenvalue weighted by molar-refractivity contribution is -0.131. The molecule has 0 aliphatic rings. The molecule has 0 rings (SSSR count). The van der Waals surface area contributed by atoms with E-state index in [4.69, 9.17) is 0 Å². The van der Waals surface area contributed by atoms with Crippen molar-refractivity contribution in [3.05, 3.63) is 0 Å². The maximum Gasteiger partial charge on any atom is 0.222 e. The van der Waals surface area contributed by atoms with Crippen molar-refractivity contribution in [2.24, 2.45) is 0 Å². The van der Waals surface area contributed by atoms with Crippen molar-refractivity contribution < 1.29 is 9.59 Å². The average molecular weight is 294 g/mol. The van der Waals surface area contributed by atoms with Crippen LogP contribution in [0.3, 0.4) is 0 Å². The van der Waals surface area contributed by atoms with Gasteiger partial charge in [0, 0.05) is 39.0 Å². The van der Waals surface area contributed by atoms with E-state index in [0.29, 0.717) is 25.8 Å². The van der Waals surface area contributed by atoms with E-state index in [1.54, 1.807) is 4.90 Å². The number of halogens is 1. The molecular formula is C13H28ClN3O2. The maximum atomic E-state index is 11.7. The van der Waals surface area contributed by atoms with Crippen LogP contribution in [0.1, 0.15) is 40.0 Å². The van der Waals surface area contributed by atoms with Crippen LogP contribution in [0.5, 0.6) is 0 Å². The van der Waals surface area contributed by atoms with Gasteiger partial charge in [0.15, 0.2) is 0 Å². The SMILES string of the molecule is CCNCCNC(=O)CCCC(=O)N(CC)CC.Cl. The molecule has 0 spiro atoms. The summed E-state index contributed by atoms with van der Waals surface area (Å²) < 4.78 is 0. The van der Waals surface area contributed by atoms with Crippen molar-refractivity contribution >= 4 is 24.2 Å². The number of carbonyl (C=O) groups is 2. The van der Waals surface area contributed by atoms with E-state index in [0.717, 1.165) is 26.2 Å². The van der Waals surface area contributed by atoms with Gasteiger partial charge in [-0.2, -0.15) is 0 Å². The average Bonchev–Trinajstić information content (AvgIpc) is 2.36. The van der Waals surface area contributed by atoms with E-state index in [1.165, 1.54) is 0 Å². The van der Waals surface area contributed by atoms with Crippen molar-refractivity contribution in [2.75, 3.05) is 32.7 Å². The smallest absolute Gasteiger partial charge is 0.222 e. The van der Waals surface area contributed by atoms with Gasteiger partial charge in [-0.05, 0) is 26.8 Å². The summed E-state index contributed by atoms with van der Waals surface area (Å²) >= 11 is 0. The third-order valence-corrected chi connectivity index (χ3v) is 2.78. The second-order valence-electron chi connectivity index (χ2n) is 4.12. The van der Waals surface area contributed by atoms with Crippen LogP contribution >= 0.6 is 12.4 Å². The van der Waals surface area contributed by atoms with Crippen LogP contribution in [0.15, 0.2) is 0 Å². The van der Waals surface area contributed by atoms with Crippen LogP contribution in [0.25, 0.3) is 0 Å². The van der Waals surface area contributed by atoms with Gasteiger partial charge >= 0.3 is 0 Å². The summed E-state index contributed by atoms with van der Waals surface area (Å²) in [4.78, 5) is 24.9. The molecule has 19 heavy (non-hydrogen) atoms. The first kappa shape index (κ1) is 20.5. The van der Waals surface area contributed by atoms with Crippen LogP contribution in [0, 0.1) is 0 Å². The molecule has 2 amide bonds. The number of rotatable bonds is 10. The van der Waals surface area contributed by atoms with Crippen LogP contribution in [0.4, 0.5) is 0 Å². The molecule has 5 nitrogen and oxygen atoms in total. The Morgan fingerprint density at radius 2 is 1.63 bits per heavy atom. The first-order chi connectivity index (χ1) is 8.65. The van der Waals surface area contributed by atoms with E-state index in [-0.39, 0.29) is 24.2 Å². The minimum atomic E-state index is 0. The topological polar surface area (TPSA) is 61.4 Å². The zero-order valence-corrected chi connectivity index (χ0v) is 13.1. The zero-order chi connectivity index (χ0) is 13.8. The normalized spacial score (nSPS) is 9.63. The number of nitrogens with zero attached hydrogens (tertiary/aromatic N) is 1. The third kappa shape index (κ3) is 10.8. The summed E-state index contributed by atoms with van der Waals surface area (Å²) in [7, 11) is 0. The third-order valence-electron chi connectivity index (χ3n) is 2.78. The van der Waals surface area contributed by atoms with Crippen molar-refractivity contribution in [1.82, 2.24) is 15.5 Å². The molecule has 0 aromatic carbocycles. The highest BCUT2D eigenvalue weighted by Crippen LogP contribution is 2.00. The molecule has 0 aromatic rings. The standard InChI is InChI=1S/C13H27N3O2.ClH/c1-4-14-10-11-15-12(17)8-7-9-13(18)16(5-2)6-3;/h14H,4-11H2,1-3H3,(H,15,17);1H. The lowest BCUT2D eigenvalue weighted by Crippen LogP contribution is -2.32. The summed E-state index contributed by atoms with van der Waals surface area (Å²) in [6.07, 6.45) is 1.52. The molecule has 0 bridgehead atoms. The first-order valence-corrected chi connectivity index (χ1v) is 6.90. The molecule has 0 aromatic heterocycles. The highest BCUT2D eigenvalue weighted by atomic mass is 35.5. The monoisotopic (exact) mass is 293 g/mol. The van der Waals surface area contributed by atoms with Crippen LogP contribution in [-0.2, 0) is 9.59 Å². The minimum absolute atomic E-state index is 0. The molecule has 114 valence electrons. The lowest BCUT2D eigenvalue weighted by Gasteiger charge is -2.18. The Kier molecular flexibility index (Phi) is 14.7. The molecule has 2 N–H and O–H groups in total. The summed E-state index contributed by atoms with van der Waals surface area (Å²) in [5, 5.41) is 5.95.